The second-order valence-corrected chi connectivity index (χ2v) is 1.91. The highest BCUT2D eigenvalue weighted by molar-refractivity contribution is 5.97. The van der Waals surface area contributed by atoms with Crippen molar-refractivity contribution in [3.05, 3.63) is 11.4 Å². The topological polar surface area (TPSA) is 64.4 Å². The molecule has 3 nitrogen and oxygen atoms in total. The van der Waals surface area contributed by atoms with Gasteiger partial charge in [0, 0.05) is 12.7 Å². The van der Waals surface area contributed by atoms with Crippen molar-refractivity contribution < 1.29 is 0 Å². The first-order valence-corrected chi connectivity index (χ1v) is 2.75. The fraction of sp³-hybridized carbons (Fsp3) is 0.500. The summed E-state index contributed by atoms with van der Waals surface area (Å²) in [5.74, 6) is 0. The molecule has 0 rings (SSSR count). The van der Waals surface area contributed by atoms with Crippen LogP contribution in [0.3, 0.4) is 0 Å². The van der Waals surface area contributed by atoms with Crippen molar-refractivity contribution in [2.24, 2.45) is 16.5 Å². The largest absolute Gasteiger partial charge is 0.401 e. The van der Waals surface area contributed by atoms with E-state index in [0.717, 1.165) is 5.71 Å². The van der Waals surface area contributed by atoms with Crippen LogP contribution in [-0.2, 0) is 0 Å². The van der Waals surface area contributed by atoms with Gasteiger partial charge in [0.2, 0.25) is 0 Å². The van der Waals surface area contributed by atoms with Gasteiger partial charge in [-0.3, -0.25) is 4.99 Å². The van der Waals surface area contributed by atoms with Crippen LogP contribution in [0.4, 0.5) is 0 Å². The summed E-state index contributed by atoms with van der Waals surface area (Å²) in [6.07, 6.45) is 0. The molecule has 0 atom stereocenters. The Labute approximate surface area is 55.4 Å². The molecule has 0 fully saturated rings. The second-order valence-electron chi connectivity index (χ2n) is 1.91. The molecule has 4 N–H and O–H groups in total. The molecular formula is C6H13N3. The number of nitrogens with zero attached hydrogens (tertiary/aromatic N) is 1. The maximum Gasteiger partial charge on any atom is 0.0712 e. The van der Waals surface area contributed by atoms with Crippen molar-refractivity contribution >= 4 is 5.71 Å². The highest BCUT2D eigenvalue weighted by Crippen LogP contribution is 1.91. The maximum absolute atomic E-state index is 5.49. The van der Waals surface area contributed by atoms with Gasteiger partial charge in [-0.05, 0) is 13.8 Å². The molecule has 0 aliphatic carbocycles. The quantitative estimate of drug-likeness (QED) is 0.495. The zero-order valence-corrected chi connectivity index (χ0v) is 6.10. The molecule has 0 unspecified atom stereocenters. The van der Waals surface area contributed by atoms with E-state index < -0.39 is 0 Å². The lowest BCUT2D eigenvalue weighted by Gasteiger charge is -2.00. The third kappa shape index (κ3) is 2.17. The highest BCUT2D eigenvalue weighted by atomic mass is 14.8. The molecule has 0 amide bonds. The van der Waals surface area contributed by atoms with E-state index in [2.05, 4.69) is 4.99 Å². The first-order valence-electron chi connectivity index (χ1n) is 2.75. The van der Waals surface area contributed by atoms with Crippen LogP contribution in [0.15, 0.2) is 16.4 Å². The molecule has 0 heterocycles. The van der Waals surface area contributed by atoms with Gasteiger partial charge in [0.25, 0.3) is 0 Å². The molecule has 0 aromatic carbocycles. The van der Waals surface area contributed by atoms with Crippen molar-refractivity contribution in [2.45, 2.75) is 13.8 Å². The van der Waals surface area contributed by atoms with Gasteiger partial charge < -0.3 is 11.5 Å². The SMILES string of the molecule is CN=C(C)C(N)=C(C)N. The predicted octanol–water partition coefficient (Wildman–Crippen LogP) is 0.226. The summed E-state index contributed by atoms with van der Waals surface area (Å²) < 4.78 is 0. The van der Waals surface area contributed by atoms with Gasteiger partial charge in [-0.15, -0.1) is 0 Å². The number of rotatable bonds is 1. The summed E-state index contributed by atoms with van der Waals surface area (Å²) in [5.41, 5.74) is 12.9. The van der Waals surface area contributed by atoms with E-state index >= 15 is 0 Å². The van der Waals surface area contributed by atoms with Crippen molar-refractivity contribution in [1.82, 2.24) is 0 Å². The molecule has 0 aromatic heterocycles. The minimum absolute atomic E-state index is 0.581. The fourth-order valence-corrected chi connectivity index (χ4v) is 0.406. The van der Waals surface area contributed by atoms with E-state index in [4.69, 9.17) is 11.5 Å². The Kier molecular flexibility index (Phi) is 2.78. The number of nitrogens with two attached hydrogens (primary N) is 2. The third-order valence-electron chi connectivity index (χ3n) is 1.15. The van der Waals surface area contributed by atoms with E-state index in [1.165, 1.54) is 0 Å². The van der Waals surface area contributed by atoms with Crippen LogP contribution >= 0.6 is 0 Å². The molecule has 0 aliphatic heterocycles. The van der Waals surface area contributed by atoms with Crippen molar-refractivity contribution in [3.8, 4) is 0 Å². The number of aliphatic imine (C=N–C) groups is 1. The molecule has 0 spiro atoms. The average Bonchev–Trinajstić information content (AvgIpc) is 1.84. The molecule has 0 saturated carbocycles. The Balaban J connectivity index is 4.40. The normalized spacial score (nSPS) is 15.2. The molecule has 0 aromatic rings. The van der Waals surface area contributed by atoms with Gasteiger partial charge in [0.1, 0.15) is 0 Å². The Hall–Kier alpha value is -0.990. The smallest absolute Gasteiger partial charge is 0.0712 e. The van der Waals surface area contributed by atoms with E-state index in [0.29, 0.717) is 11.4 Å². The minimum atomic E-state index is 0.581. The van der Waals surface area contributed by atoms with Gasteiger partial charge in [0.15, 0.2) is 0 Å². The Bertz CT molecular complexity index is 152. The molecular weight excluding hydrogens is 114 g/mol. The lowest BCUT2D eigenvalue weighted by atomic mass is 10.2. The fourth-order valence-electron chi connectivity index (χ4n) is 0.406. The first-order chi connectivity index (χ1) is 4.09. The molecule has 0 bridgehead atoms. The Morgan fingerprint density at radius 2 is 1.67 bits per heavy atom. The standard InChI is InChI=1S/C6H13N3/c1-4(7)6(8)5(2)9-3/h7-8H2,1-3H3. The van der Waals surface area contributed by atoms with Crippen LogP contribution in [0.25, 0.3) is 0 Å². The summed E-state index contributed by atoms with van der Waals surface area (Å²) in [6.45, 7) is 3.58. The van der Waals surface area contributed by atoms with Crippen LogP contribution in [0.1, 0.15) is 13.8 Å². The lowest BCUT2D eigenvalue weighted by Crippen LogP contribution is -2.14. The van der Waals surface area contributed by atoms with Gasteiger partial charge in [-0.1, -0.05) is 0 Å². The molecule has 0 aliphatic rings. The van der Waals surface area contributed by atoms with Gasteiger partial charge in [-0.25, -0.2) is 0 Å². The van der Waals surface area contributed by atoms with E-state index in [1.54, 1.807) is 14.0 Å². The molecule has 0 saturated heterocycles. The zero-order chi connectivity index (χ0) is 7.44. The zero-order valence-electron chi connectivity index (χ0n) is 6.10. The summed E-state index contributed by atoms with van der Waals surface area (Å²) >= 11 is 0. The number of allylic oxidation sites excluding steroid dienone is 2. The van der Waals surface area contributed by atoms with E-state index in [-0.39, 0.29) is 0 Å². The Morgan fingerprint density at radius 1 is 1.22 bits per heavy atom. The summed E-state index contributed by atoms with van der Waals surface area (Å²) in [5, 5.41) is 0. The minimum Gasteiger partial charge on any atom is -0.401 e. The number of hydrogen-bond acceptors (Lipinski definition) is 3. The summed E-state index contributed by atoms with van der Waals surface area (Å²) in [6, 6.07) is 0. The second kappa shape index (κ2) is 3.12. The summed E-state index contributed by atoms with van der Waals surface area (Å²) in [7, 11) is 1.69. The van der Waals surface area contributed by atoms with Crippen LogP contribution in [0, 0.1) is 0 Å². The first kappa shape index (κ1) is 8.01. The van der Waals surface area contributed by atoms with E-state index in [9.17, 15) is 0 Å². The average molecular weight is 127 g/mol. The summed E-state index contributed by atoms with van der Waals surface area (Å²) in [4.78, 5) is 3.86. The molecule has 0 radical (unpaired) electrons. The van der Waals surface area contributed by atoms with Crippen molar-refractivity contribution in [2.75, 3.05) is 7.05 Å². The number of hydrogen-bond donors (Lipinski definition) is 2. The van der Waals surface area contributed by atoms with Crippen molar-refractivity contribution in [1.29, 1.82) is 0 Å². The van der Waals surface area contributed by atoms with Crippen LogP contribution in [0.5, 0.6) is 0 Å². The maximum atomic E-state index is 5.49. The Morgan fingerprint density at radius 3 is 1.78 bits per heavy atom. The third-order valence-corrected chi connectivity index (χ3v) is 1.15. The van der Waals surface area contributed by atoms with Gasteiger partial charge in [-0.2, -0.15) is 0 Å². The van der Waals surface area contributed by atoms with Gasteiger partial charge in [0.05, 0.1) is 11.4 Å². The highest BCUT2D eigenvalue weighted by Gasteiger charge is 1.94. The van der Waals surface area contributed by atoms with E-state index in [1.807, 2.05) is 6.92 Å². The van der Waals surface area contributed by atoms with Crippen LogP contribution < -0.4 is 11.5 Å². The molecule has 52 valence electrons. The lowest BCUT2D eigenvalue weighted by molar-refractivity contribution is 1.21. The van der Waals surface area contributed by atoms with Crippen LogP contribution in [0.2, 0.25) is 0 Å². The predicted molar refractivity (Wildman–Crippen MR) is 40.1 cm³/mol. The van der Waals surface area contributed by atoms with Crippen LogP contribution in [-0.4, -0.2) is 12.8 Å². The van der Waals surface area contributed by atoms with Crippen molar-refractivity contribution in [3.63, 3.8) is 0 Å². The monoisotopic (exact) mass is 127 g/mol. The molecule has 9 heavy (non-hydrogen) atoms. The molecule has 3 heteroatoms. The van der Waals surface area contributed by atoms with Gasteiger partial charge >= 0.3 is 0 Å².